The Balaban J connectivity index is 1.75. The van der Waals surface area contributed by atoms with E-state index in [1.54, 1.807) is 6.07 Å². The molecule has 1 aromatic rings. The molecule has 0 unspecified atom stereocenters. The van der Waals surface area contributed by atoms with Gasteiger partial charge in [-0.2, -0.15) is 11.8 Å². The van der Waals surface area contributed by atoms with E-state index in [2.05, 4.69) is 20.2 Å². The molecule has 1 fully saturated rings. The van der Waals surface area contributed by atoms with Crippen LogP contribution >= 0.6 is 11.8 Å². The Bertz CT molecular complexity index is 514. The monoisotopic (exact) mass is 307 g/mol. The minimum Gasteiger partial charge on any atom is -0.370 e. The highest BCUT2D eigenvalue weighted by atomic mass is 32.2. The maximum absolute atomic E-state index is 11.8. The van der Waals surface area contributed by atoms with Crippen LogP contribution in [-0.2, 0) is 4.79 Å². The van der Waals surface area contributed by atoms with Crippen LogP contribution in [0.3, 0.4) is 0 Å². The maximum atomic E-state index is 11.8. The zero-order valence-corrected chi connectivity index (χ0v) is 13.0. The molecule has 114 valence electrons. The fourth-order valence-electron chi connectivity index (χ4n) is 1.98. The van der Waals surface area contributed by atoms with Crippen LogP contribution in [0, 0.1) is 6.92 Å². The van der Waals surface area contributed by atoms with E-state index in [0.717, 1.165) is 30.3 Å². The number of pyridine rings is 1. The van der Waals surface area contributed by atoms with E-state index >= 15 is 0 Å². The van der Waals surface area contributed by atoms with E-state index < -0.39 is 0 Å². The fourth-order valence-corrected chi connectivity index (χ4v) is 2.89. The number of hydrogen-bond acceptors (Lipinski definition) is 4. The van der Waals surface area contributed by atoms with Crippen LogP contribution in [-0.4, -0.2) is 52.9 Å². The van der Waals surface area contributed by atoms with Gasteiger partial charge in [0.1, 0.15) is 5.82 Å². The SMILES string of the molecule is Cc1cccc(NC(=O)CCN=C(N)N2CCSCC2)n1. The summed E-state index contributed by atoms with van der Waals surface area (Å²) in [5.41, 5.74) is 6.80. The molecule has 0 saturated carbocycles. The number of nitrogens with two attached hydrogens (primary N) is 1. The molecule has 1 aliphatic rings. The van der Waals surface area contributed by atoms with E-state index in [1.165, 1.54) is 0 Å². The van der Waals surface area contributed by atoms with Gasteiger partial charge in [-0.15, -0.1) is 0 Å². The maximum Gasteiger partial charge on any atom is 0.227 e. The Morgan fingerprint density at radius 3 is 2.95 bits per heavy atom. The summed E-state index contributed by atoms with van der Waals surface area (Å²) in [4.78, 5) is 22.4. The van der Waals surface area contributed by atoms with Crippen molar-refractivity contribution in [2.24, 2.45) is 10.7 Å². The molecular formula is C14H21N5OS. The first-order valence-corrected chi connectivity index (χ1v) is 8.17. The number of aromatic nitrogens is 1. The predicted octanol–water partition coefficient (Wildman–Crippen LogP) is 1.08. The summed E-state index contributed by atoms with van der Waals surface area (Å²) in [6, 6.07) is 5.52. The molecule has 21 heavy (non-hydrogen) atoms. The lowest BCUT2D eigenvalue weighted by atomic mass is 10.3. The van der Waals surface area contributed by atoms with Crippen LogP contribution in [0.25, 0.3) is 0 Å². The number of carbonyl (C=O) groups is 1. The van der Waals surface area contributed by atoms with Crippen LogP contribution in [0.2, 0.25) is 0 Å². The Hall–Kier alpha value is -1.76. The second kappa shape index (κ2) is 7.87. The highest BCUT2D eigenvalue weighted by Gasteiger charge is 2.12. The number of hydrogen-bond donors (Lipinski definition) is 2. The second-order valence-electron chi connectivity index (χ2n) is 4.80. The smallest absolute Gasteiger partial charge is 0.227 e. The van der Waals surface area contributed by atoms with E-state index in [1.807, 2.05) is 30.8 Å². The number of aryl methyl sites for hydroxylation is 1. The van der Waals surface area contributed by atoms with Crippen molar-refractivity contribution >= 4 is 29.4 Å². The normalized spacial score (nSPS) is 15.9. The first-order chi connectivity index (χ1) is 10.1. The third kappa shape index (κ3) is 5.26. The van der Waals surface area contributed by atoms with Gasteiger partial charge in [-0.25, -0.2) is 4.98 Å². The zero-order chi connectivity index (χ0) is 15.1. The molecule has 0 bridgehead atoms. The third-order valence-corrected chi connectivity index (χ3v) is 4.05. The highest BCUT2D eigenvalue weighted by molar-refractivity contribution is 7.99. The number of aliphatic imine (C=N–C) groups is 1. The van der Waals surface area contributed by atoms with Crippen LogP contribution < -0.4 is 11.1 Å². The fraction of sp³-hybridized carbons (Fsp3) is 0.500. The number of rotatable bonds is 4. The molecule has 2 rings (SSSR count). The molecule has 6 nitrogen and oxygen atoms in total. The quantitative estimate of drug-likeness (QED) is 0.642. The summed E-state index contributed by atoms with van der Waals surface area (Å²) in [6.07, 6.45) is 0.304. The van der Waals surface area contributed by atoms with Crippen LogP contribution in [0.4, 0.5) is 5.82 Å². The van der Waals surface area contributed by atoms with Gasteiger partial charge in [0.05, 0.1) is 6.54 Å². The average Bonchev–Trinajstić information content (AvgIpc) is 2.48. The highest BCUT2D eigenvalue weighted by Crippen LogP contribution is 2.08. The molecular weight excluding hydrogens is 286 g/mol. The lowest BCUT2D eigenvalue weighted by molar-refractivity contribution is -0.116. The van der Waals surface area contributed by atoms with E-state index in [0.29, 0.717) is 24.7 Å². The molecule has 0 spiro atoms. The molecule has 2 heterocycles. The van der Waals surface area contributed by atoms with Crippen molar-refractivity contribution in [3.8, 4) is 0 Å². The molecule has 0 aromatic carbocycles. The van der Waals surface area contributed by atoms with Gasteiger partial charge in [0.25, 0.3) is 0 Å². The first kappa shape index (κ1) is 15.6. The number of guanidine groups is 1. The van der Waals surface area contributed by atoms with Crippen LogP contribution in [0.15, 0.2) is 23.2 Å². The Morgan fingerprint density at radius 1 is 1.48 bits per heavy atom. The van der Waals surface area contributed by atoms with Crippen LogP contribution in [0.1, 0.15) is 12.1 Å². The van der Waals surface area contributed by atoms with Gasteiger partial charge in [0.15, 0.2) is 5.96 Å². The minimum atomic E-state index is -0.0983. The second-order valence-corrected chi connectivity index (χ2v) is 6.03. The molecule has 1 saturated heterocycles. The van der Waals surface area contributed by atoms with Gasteiger partial charge in [0.2, 0.25) is 5.91 Å². The molecule has 0 radical (unpaired) electrons. The number of thioether (sulfide) groups is 1. The van der Waals surface area contributed by atoms with Gasteiger partial charge in [-0.05, 0) is 19.1 Å². The van der Waals surface area contributed by atoms with Gasteiger partial charge >= 0.3 is 0 Å². The lowest BCUT2D eigenvalue weighted by Gasteiger charge is -2.27. The predicted molar refractivity (Wildman–Crippen MR) is 87.6 cm³/mol. The molecule has 0 atom stereocenters. The topological polar surface area (TPSA) is 83.6 Å². The van der Waals surface area contributed by atoms with Gasteiger partial charge in [0, 0.05) is 36.7 Å². The van der Waals surface area contributed by atoms with Gasteiger partial charge in [-0.3, -0.25) is 9.79 Å². The van der Waals surface area contributed by atoms with Crippen molar-refractivity contribution in [3.05, 3.63) is 23.9 Å². The van der Waals surface area contributed by atoms with Crippen molar-refractivity contribution in [1.29, 1.82) is 0 Å². The molecule has 7 heteroatoms. The molecule has 1 amide bonds. The minimum absolute atomic E-state index is 0.0983. The van der Waals surface area contributed by atoms with E-state index in [4.69, 9.17) is 5.73 Å². The molecule has 1 aromatic heterocycles. The summed E-state index contributed by atoms with van der Waals surface area (Å²) < 4.78 is 0. The van der Waals surface area contributed by atoms with E-state index in [9.17, 15) is 4.79 Å². The Morgan fingerprint density at radius 2 is 2.24 bits per heavy atom. The third-order valence-electron chi connectivity index (χ3n) is 3.10. The summed E-state index contributed by atoms with van der Waals surface area (Å²) in [5, 5.41) is 2.76. The van der Waals surface area contributed by atoms with Crippen LogP contribution in [0.5, 0.6) is 0 Å². The molecule has 3 N–H and O–H groups in total. The number of anilines is 1. The number of carbonyl (C=O) groups excluding carboxylic acids is 1. The number of nitrogens with one attached hydrogen (secondary N) is 1. The standard InChI is InChI=1S/C14H21N5OS/c1-11-3-2-4-12(17-11)18-13(20)5-6-16-14(15)19-7-9-21-10-8-19/h2-4H,5-10H2,1H3,(H2,15,16)(H,17,18,20). The Kier molecular flexibility index (Phi) is 5.86. The molecule has 0 aliphatic carbocycles. The van der Waals surface area contributed by atoms with Gasteiger partial charge in [-0.1, -0.05) is 6.07 Å². The van der Waals surface area contributed by atoms with E-state index in [-0.39, 0.29) is 5.91 Å². The average molecular weight is 307 g/mol. The molecule has 1 aliphatic heterocycles. The van der Waals surface area contributed by atoms with Crippen molar-refractivity contribution in [2.45, 2.75) is 13.3 Å². The Labute approximate surface area is 129 Å². The summed E-state index contributed by atoms with van der Waals surface area (Å²) >= 11 is 1.92. The lowest BCUT2D eigenvalue weighted by Crippen LogP contribution is -2.42. The largest absolute Gasteiger partial charge is 0.370 e. The van der Waals surface area contributed by atoms with Crippen molar-refractivity contribution in [1.82, 2.24) is 9.88 Å². The van der Waals surface area contributed by atoms with Crippen molar-refractivity contribution in [3.63, 3.8) is 0 Å². The summed E-state index contributed by atoms with van der Waals surface area (Å²) in [6.45, 7) is 4.14. The zero-order valence-electron chi connectivity index (χ0n) is 12.2. The summed E-state index contributed by atoms with van der Waals surface area (Å²) in [7, 11) is 0. The summed E-state index contributed by atoms with van der Waals surface area (Å²) in [5.74, 6) is 3.17. The number of amides is 1. The first-order valence-electron chi connectivity index (χ1n) is 7.01. The van der Waals surface area contributed by atoms with Gasteiger partial charge < -0.3 is 16.0 Å². The van der Waals surface area contributed by atoms with Crippen molar-refractivity contribution in [2.75, 3.05) is 36.5 Å². The number of nitrogens with zero attached hydrogens (tertiary/aromatic N) is 3. The van der Waals surface area contributed by atoms with Crippen molar-refractivity contribution < 1.29 is 4.79 Å².